The normalized spacial score (nSPS) is 25.2. The van der Waals surface area contributed by atoms with Crippen LogP contribution in [0.4, 0.5) is 0 Å². The summed E-state index contributed by atoms with van der Waals surface area (Å²) in [5.41, 5.74) is 2.21. The molecule has 0 amide bonds. The zero-order valence-electron chi connectivity index (χ0n) is 11.8. The monoisotopic (exact) mass is 273 g/mol. The van der Waals surface area contributed by atoms with Crippen LogP contribution >= 0.6 is 0 Å². The lowest BCUT2D eigenvalue weighted by Crippen LogP contribution is -2.05. The summed E-state index contributed by atoms with van der Waals surface area (Å²) in [6, 6.07) is 8.13. The van der Waals surface area contributed by atoms with Gasteiger partial charge in [0.15, 0.2) is 0 Å². The van der Waals surface area contributed by atoms with Crippen LogP contribution < -0.4 is 4.74 Å². The van der Waals surface area contributed by atoms with E-state index in [0.29, 0.717) is 11.8 Å². The van der Waals surface area contributed by atoms with Crippen molar-refractivity contribution in [1.82, 2.24) is 0 Å². The molecule has 2 aliphatic rings. The van der Waals surface area contributed by atoms with Crippen molar-refractivity contribution in [3.8, 4) is 5.75 Å². The lowest BCUT2D eigenvalue weighted by Gasteiger charge is -2.03. The smallest absolute Gasteiger partial charge is 0.338 e. The van der Waals surface area contributed by atoms with E-state index in [9.17, 15) is 4.79 Å². The van der Waals surface area contributed by atoms with Gasteiger partial charge in [-0.2, -0.15) is 0 Å². The van der Waals surface area contributed by atoms with Gasteiger partial charge in [0.05, 0.1) is 18.7 Å². The number of carbonyl (C=O) groups excluding carboxylic acids is 1. The Morgan fingerprint density at radius 3 is 2.55 bits per heavy atom. The first-order valence-corrected chi connectivity index (χ1v) is 7.08. The number of oxime groups is 1. The molecule has 3 rings (SSSR count). The van der Waals surface area contributed by atoms with Crippen LogP contribution in [-0.2, 0) is 9.63 Å². The van der Waals surface area contributed by atoms with Crippen LogP contribution in [0.15, 0.2) is 29.4 Å². The van der Waals surface area contributed by atoms with Crippen LogP contribution in [0.2, 0.25) is 0 Å². The van der Waals surface area contributed by atoms with Crippen LogP contribution in [0.5, 0.6) is 5.75 Å². The average Bonchev–Trinajstić information content (AvgIpc) is 3.36. The van der Waals surface area contributed by atoms with E-state index in [1.807, 2.05) is 19.1 Å². The molecule has 2 saturated carbocycles. The fraction of sp³-hybridized carbons (Fsp3) is 0.500. The zero-order chi connectivity index (χ0) is 14.1. The third kappa shape index (κ3) is 2.84. The van der Waals surface area contributed by atoms with Crippen LogP contribution in [0.25, 0.3) is 0 Å². The Bertz CT molecular complexity index is 531. The molecular formula is C16H19NO3. The number of methoxy groups -OCH3 is 1. The standard InChI is InChI=1S/C16H19NO3/c1-10(17-20-16(18)12-3-4-12)14-9-15(14)11-5-7-13(19-2)8-6-11/h5-8,12,14-15H,3-4,9H2,1-2H3/b17-10-/t14-,15-/m1/s1. The van der Waals surface area contributed by atoms with E-state index in [2.05, 4.69) is 17.3 Å². The van der Waals surface area contributed by atoms with Crippen molar-refractivity contribution >= 4 is 11.7 Å². The summed E-state index contributed by atoms with van der Waals surface area (Å²) in [5.74, 6) is 1.68. The zero-order valence-corrected chi connectivity index (χ0v) is 11.8. The number of carbonyl (C=O) groups is 1. The second-order valence-corrected chi connectivity index (χ2v) is 5.64. The van der Waals surface area contributed by atoms with Crippen LogP contribution in [0.1, 0.15) is 37.7 Å². The molecule has 0 aromatic heterocycles. The number of hydrogen-bond acceptors (Lipinski definition) is 4. The van der Waals surface area contributed by atoms with Gasteiger partial charge in [0, 0.05) is 5.92 Å². The minimum atomic E-state index is -0.175. The Kier molecular flexibility index (Phi) is 3.47. The Morgan fingerprint density at radius 1 is 1.25 bits per heavy atom. The predicted octanol–water partition coefficient (Wildman–Crippen LogP) is 3.13. The van der Waals surface area contributed by atoms with Gasteiger partial charge in [-0.15, -0.1) is 0 Å². The second-order valence-electron chi connectivity index (χ2n) is 5.64. The molecule has 4 nitrogen and oxygen atoms in total. The highest BCUT2D eigenvalue weighted by Crippen LogP contribution is 2.48. The van der Waals surface area contributed by atoms with Crippen molar-refractivity contribution in [1.29, 1.82) is 0 Å². The van der Waals surface area contributed by atoms with Crippen molar-refractivity contribution in [3.05, 3.63) is 29.8 Å². The third-order valence-electron chi connectivity index (χ3n) is 4.06. The molecule has 106 valence electrons. The maximum Gasteiger partial charge on any atom is 0.338 e. The van der Waals surface area contributed by atoms with Crippen LogP contribution in [-0.4, -0.2) is 18.8 Å². The summed E-state index contributed by atoms with van der Waals surface area (Å²) in [6.07, 6.45) is 2.97. The molecule has 0 unspecified atom stereocenters. The molecule has 0 aliphatic heterocycles. The highest BCUT2D eigenvalue weighted by molar-refractivity contribution is 5.88. The maximum atomic E-state index is 11.4. The van der Waals surface area contributed by atoms with Crippen molar-refractivity contribution in [2.75, 3.05) is 7.11 Å². The van der Waals surface area contributed by atoms with Gasteiger partial charge in [-0.1, -0.05) is 17.3 Å². The fourth-order valence-electron chi connectivity index (χ4n) is 2.45. The van der Waals surface area contributed by atoms with Gasteiger partial charge in [0.2, 0.25) is 0 Å². The van der Waals surface area contributed by atoms with Gasteiger partial charge in [0.1, 0.15) is 5.75 Å². The topological polar surface area (TPSA) is 47.9 Å². The van der Waals surface area contributed by atoms with Crippen LogP contribution in [0.3, 0.4) is 0 Å². The summed E-state index contributed by atoms with van der Waals surface area (Å²) in [4.78, 5) is 16.4. The van der Waals surface area contributed by atoms with E-state index in [4.69, 9.17) is 9.57 Å². The summed E-state index contributed by atoms with van der Waals surface area (Å²) in [7, 11) is 1.67. The molecule has 2 aliphatic carbocycles. The SMILES string of the molecule is COc1ccc([C@H]2C[C@@H]2/C(C)=N\OC(=O)C2CC2)cc1. The van der Waals surface area contributed by atoms with E-state index in [1.54, 1.807) is 7.11 Å². The molecule has 1 aromatic carbocycles. The highest BCUT2D eigenvalue weighted by Gasteiger charge is 2.41. The first-order valence-electron chi connectivity index (χ1n) is 7.08. The first kappa shape index (κ1) is 13.2. The molecular weight excluding hydrogens is 254 g/mol. The van der Waals surface area contributed by atoms with E-state index in [1.165, 1.54) is 5.56 Å². The van der Waals surface area contributed by atoms with Gasteiger partial charge >= 0.3 is 5.97 Å². The van der Waals surface area contributed by atoms with E-state index in [-0.39, 0.29) is 11.9 Å². The van der Waals surface area contributed by atoms with Crippen LogP contribution in [0, 0.1) is 11.8 Å². The molecule has 2 fully saturated rings. The Balaban J connectivity index is 1.56. The number of ether oxygens (including phenoxy) is 1. The summed E-state index contributed by atoms with van der Waals surface area (Å²) < 4.78 is 5.16. The van der Waals surface area contributed by atoms with Crippen molar-refractivity contribution in [3.63, 3.8) is 0 Å². The number of nitrogens with zero attached hydrogens (tertiary/aromatic N) is 1. The van der Waals surface area contributed by atoms with Crippen molar-refractivity contribution in [2.24, 2.45) is 17.0 Å². The van der Waals surface area contributed by atoms with Gasteiger partial charge in [-0.05, 0) is 49.8 Å². The van der Waals surface area contributed by atoms with Gasteiger partial charge in [-0.25, -0.2) is 4.79 Å². The molecule has 0 radical (unpaired) electrons. The maximum absolute atomic E-state index is 11.4. The molecule has 0 heterocycles. The molecule has 4 heteroatoms. The Morgan fingerprint density at radius 2 is 1.95 bits per heavy atom. The molecule has 2 atom stereocenters. The molecule has 20 heavy (non-hydrogen) atoms. The summed E-state index contributed by atoms with van der Waals surface area (Å²) in [5, 5.41) is 4.00. The fourth-order valence-corrected chi connectivity index (χ4v) is 2.45. The van der Waals surface area contributed by atoms with E-state index >= 15 is 0 Å². The van der Waals surface area contributed by atoms with Crippen molar-refractivity contribution < 1.29 is 14.4 Å². The lowest BCUT2D eigenvalue weighted by atomic mass is 10.1. The Labute approximate surface area is 118 Å². The molecule has 0 N–H and O–H groups in total. The molecule has 0 bridgehead atoms. The number of benzene rings is 1. The molecule has 0 spiro atoms. The minimum Gasteiger partial charge on any atom is -0.497 e. The van der Waals surface area contributed by atoms with E-state index in [0.717, 1.165) is 30.7 Å². The quantitative estimate of drug-likeness (QED) is 0.470. The first-order chi connectivity index (χ1) is 9.69. The Hall–Kier alpha value is -1.84. The highest BCUT2D eigenvalue weighted by atomic mass is 16.7. The lowest BCUT2D eigenvalue weighted by molar-refractivity contribution is -0.145. The van der Waals surface area contributed by atoms with Crippen molar-refractivity contribution in [2.45, 2.75) is 32.1 Å². The molecule has 1 aromatic rings. The largest absolute Gasteiger partial charge is 0.497 e. The molecule has 0 saturated heterocycles. The average molecular weight is 273 g/mol. The van der Waals surface area contributed by atoms with Gasteiger partial charge < -0.3 is 9.57 Å². The third-order valence-corrected chi connectivity index (χ3v) is 4.06. The van der Waals surface area contributed by atoms with Gasteiger partial charge in [0.25, 0.3) is 0 Å². The number of hydrogen-bond donors (Lipinski definition) is 0. The second kappa shape index (κ2) is 5.27. The summed E-state index contributed by atoms with van der Waals surface area (Å²) in [6.45, 7) is 1.94. The summed E-state index contributed by atoms with van der Waals surface area (Å²) >= 11 is 0. The van der Waals surface area contributed by atoms with Gasteiger partial charge in [-0.3, -0.25) is 0 Å². The number of rotatable bonds is 5. The predicted molar refractivity (Wildman–Crippen MR) is 75.8 cm³/mol. The minimum absolute atomic E-state index is 0.100. The van der Waals surface area contributed by atoms with E-state index < -0.39 is 0 Å².